The van der Waals surface area contributed by atoms with Gasteiger partial charge in [-0.2, -0.15) is 0 Å². The second kappa shape index (κ2) is 5.50. The van der Waals surface area contributed by atoms with Crippen molar-refractivity contribution in [2.75, 3.05) is 6.54 Å². The summed E-state index contributed by atoms with van der Waals surface area (Å²) in [5.74, 6) is -0.812. The number of nitrogens with zero attached hydrogens (tertiary/aromatic N) is 1. The summed E-state index contributed by atoms with van der Waals surface area (Å²) in [5, 5.41) is 19.0. The first-order chi connectivity index (χ1) is 8.61. The maximum Gasteiger partial charge on any atom is 0.321 e. The predicted octanol–water partition coefficient (Wildman–Crippen LogP) is 1.27. The first-order valence-electron chi connectivity index (χ1n) is 6.33. The molecular formula is C14H19NO3. The Hall–Kier alpha value is -1.39. The number of hydrogen-bond acceptors (Lipinski definition) is 3. The molecule has 18 heavy (non-hydrogen) atoms. The Morgan fingerprint density at radius 3 is 2.72 bits per heavy atom. The zero-order valence-corrected chi connectivity index (χ0v) is 10.5. The van der Waals surface area contributed by atoms with Crippen molar-refractivity contribution in [3.63, 3.8) is 0 Å². The van der Waals surface area contributed by atoms with Crippen molar-refractivity contribution in [1.82, 2.24) is 4.90 Å². The second-order valence-electron chi connectivity index (χ2n) is 4.82. The quantitative estimate of drug-likeness (QED) is 0.843. The number of benzene rings is 1. The lowest BCUT2D eigenvalue weighted by Crippen LogP contribution is -2.48. The van der Waals surface area contributed by atoms with Gasteiger partial charge in [0.05, 0.1) is 6.10 Å². The van der Waals surface area contributed by atoms with Crippen molar-refractivity contribution in [1.29, 1.82) is 0 Å². The molecule has 0 bridgehead atoms. The summed E-state index contributed by atoms with van der Waals surface area (Å²) in [7, 11) is 0. The van der Waals surface area contributed by atoms with Gasteiger partial charge in [0.15, 0.2) is 0 Å². The average molecular weight is 249 g/mol. The number of hydrogen-bond donors (Lipinski definition) is 2. The van der Waals surface area contributed by atoms with Crippen LogP contribution in [0.15, 0.2) is 24.3 Å². The van der Waals surface area contributed by atoms with Gasteiger partial charge in [0.25, 0.3) is 0 Å². The summed E-state index contributed by atoms with van der Waals surface area (Å²) in [6.45, 7) is 2.92. The number of rotatable bonds is 4. The van der Waals surface area contributed by atoms with Crippen LogP contribution in [-0.4, -0.2) is 39.8 Å². The Morgan fingerprint density at radius 2 is 2.11 bits per heavy atom. The fourth-order valence-electron chi connectivity index (χ4n) is 2.41. The molecule has 4 heteroatoms. The van der Waals surface area contributed by atoms with Crippen molar-refractivity contribution in [3.05, 3.63) is 35.4 Å². The highest BCUT2D eigenvalue weighted by atomic mass is 16.4. The van der Waals surface area contributed by atoms with Gasteiger partial charge < -0.3 is 10.2 Å². The highest BCUT2D eigenvalue weighted by Crippen LogP contribution is 2.23. The normalized spacial score (nSPS) is 21.3. The molecule has 2 atom stereocenters. The second-order valence-corrected chi connectivity index (χ2v) is 4.82. The van der Waals surface area contributed by atoms with Gasteiger partial charge in [-0.1, -0.05) is 31.2 Å². The van der Waals surface area contributed by atoms with E-state index in [4.69, 9.17) is 0 Å². The van der Waals surface area contributed by atoms with E-state index in [9.17, 15) is 15.0 Å². The SMILES string of the molecule is CCC(O)CN1Cc2ccccc2CC1C(=O)O. The predicted molar refractivity (Wildman–Crippen MR) is 68.3 cm³/mol. The molecule has 1 aliphatic heterocycles. The Labute approximate surface area is 107 Å². The van der Waals surface area contributed by atoms with Crippen LogP contribution < -0.4 is 0 Å². The lowest BCUT2D eigenvalue weighted by Gasteiger charge is -2.35. The fraction of sp³-hybridized carbons (Fsp3) is 0.500. The van der Waals surface area contributed by atoms with Crippen LogP contribution in [0.25, 0.3) is 0 Å². The van der Waals surface area contributed by atoms with E-state index in [0.717, 1.165) is 5.56 Å². The first-order valence-corrected chi connectivity index (χ1v) is 6.33. The van der Waals surface area contributed by atoms with E-state index in [-0.39, 0.29) is 0 Å². The monoisotopic (exact) mass is 249 g/mol. The molecular weight excluding hydrogens is 230 g/mol. The Kier molecular flexibility index (Phi) is 3.99. The lowest BCUT2D eigenvalue weighted by atomic mass is 9.93. The molecule has 1 aromatic rings. The summed E-state index contributed by atoms with van der Waals surface area (Å²) < 4.78 is 0. The molecule has 0 fully saturated rings. The molecule has 1 heterocycles. The van der Waals surface area contributed by atoms with Crippen molar-refractivity contribution in [2.45, 2.75) is 38.5 Å². The Balaban J connectivity index is 2.20. The number of carbonyl (C=O) groups is 1. The van der Waals surface area contributed by atoms with Crippen LogP contribution in [0, 0.1) is 0 Å². The molecule has 2 unspecified atom stereocenters. The number of carboxylic acids is 1. The van der Waals surface area contributed by atoms with Gasteiger partial charge in [0, 0.05) is 13.1 Å². The van der Waals surface area contributed by atoms with E-state index in [0.29, 0.717) is 25.9 Å². The zero-order valence-electron chi connectivity index (χ0n) is 10.5. The highest BCUT2D eigenvalue weighted by Gasteiger charge is 2.31. The van der Waals surface area contributed by atoms with Gasteiger partial charge in [-0.3, -0.25) is 9.69 Å². The third-order valence-corrected chi connectivity index (χ3v) is 3.55. The number of aliphatic hydroxyl groups excluding tert-OH is 1. The van der Waals surface area contributed by atoms with Gasteiger partial charge in [-0.15, -0.1) is 0 Å². The number of fused-ring (bicyclic) bond motifs is 1. The number of carboxylic acid groups (broad SMARTS) is 1. The largest absolute Gasteiger partial charge is 0.480 e. The number of aliphatic hydroxyl groups is 1. The van der Waals surface area contributed by atoms with Crippen LogP contribution >= 0.6 is 0 Å². The third kappa shape index (κ3) is 2.71. The fourth-order valence-corrected chi connectivity index (χ4v) is 2.41. The minimum Gasteiger partial charge on any atom is -0.480 e. The molecule has 0 saturated heterocycles. The summed E-state index contributed by atoms with van der Waals surface area (Å²) in [5.41, 5.74) is 2.27. The summed E-state index contributed by atoms with van der Waals surface area (Å²) in [4.78, 5) is 13.2. The van der Waals surface area contributed by atoms with Gasteiger partial charge in [-0.05, 0) is 24.0 Å². The minimum absolute atomic E-state index is 0.418. The first kappa shape index (κ1) is 13.1. The van der Waals surface area contributed by atoms with E-state index in [1.54, 1.807) is 0 Å². The molecule has 1 aromatic carbocycles. The van der Waals surface area contributed by atoms with Crippen LogP contribution in [0.2, 0.25) is 0 Å². The van der Waals surface area contributed by atoms with Gasteiger partial charge >= 0.3 is 5.97 Å². The van der Waals surface area contributed by atoms with Crippen LogP contribution in [0.3, 0.4) is 0 Å². The van der Waals surface area contributed by atoms with E-state index in [1.807, 2.05) is 36.1 Å². The van der Waals surface area contributed by atoms with E-state index in [1.165, 1.54) is 5.56 Å². The van der Waals surface area contributed by atoms with Crippen molar-refractivity contribution < 1.29 is 15.0 Å². The topological polar surface area (TPSA) is 60.8 Å². The molecule has 98 valence electrons. The molecule has 1 aliphatic rings. The minimum atomic E-state index is -0.812. The van der Waals surface area contributed by atoms with E-state index >= 15 is 0 Å². The maximum atomic E-state index is 11.3. The Morgan fingerprint density at radius 1 is 1.44 bits per heavy atom. The summed E-state index contributed by atoms with van der Waals surface area (Å²) >= 11 is 0. The van der Waals surface area contributed by atoms with Crippen molar-refractivity contribution in [2.24, 2.45) is 0 Å². The highest BCUT2D eigenvalue weighted by molar-refractivity contribution is 5.74. The van der Waals surface area contributed by atoms with Gasteiger partial charge in [-0.25, -0.2) is 0 Å². The number of β-amino-alcohol motifs (C(OH)–C–C–N with tert-alkyl or cyclic N) is 1. The van der Waals surface area contributed by atoms with Crippen LogP contribution in [-0.2, 0) is 17.8 Å². The Bertz CT molecular complexity index is 433. The summed E-state index contributed by atoms with van der Waals surface area (Å²) in [6.07, 6.45) is 0.698. The van der Waals surface area contributed by atoms with Crippen LogP contribution in [0.1, 0.15) is 24.5 Å². The third-order valence-electron chi connectivity index (χ3n) is 3.55. The molecule has 0 spiro atoms. The molecule has 2 rings (SSSR count). The standard InChI is InChI=1S/C14H19NO3/c1-2-12(16)9-15-8-11-6-4-3-5-10(11)7-13(15)14(17)18/h3-6,12-13,16H,2,7-9H2,1H3,(H,17,18). The molecule has 0 amide bonds. The van der Waals surface area contributed by atoms with Crippen molar-refractivity contribution >= 4 is 5.97 Å². The smallest absolute Gasteiger partial charge is 0.321 e. The molecule has 0 saturated carbocycles. The van der Waals surface area contributed by atoms with E-state index in [2.05, 4.69) is 0 Å². The van der Waals surface area contributed by atoms with Gasteiger partial charge in [0.1, 0.15) is 6.04 Å². The van der Waals surface area contributed by atoms with Gasteiger partial charge in [0.2, 0.25) is 0 Å². The average Bonchev–Trinajstić information content (AvgIpc) is 2.37. The van der Waals surface area contributed by atoms with Crippen molar-refractivity contribution in [3.8, 4) is 0 Å². The molecule has 2 N–H and O–H groups in total. The maximum absolute atomic E-state index is 11.3. The zero-order chi connectivity index (χ0) is 13.1. The van der Waals surface area contributed by atoms with Crippen LogP contribution in [0.4, 0.5) is 0 Å². The summed E-state index contributed by atoms with van der Waals surface area (Å²) in [6, 6.07) is 7.39. The molecule has 0 aliphatic carbocycles. The van der Waals surface area contributed by atoms with Crippen LogP contribution in [0.5, 0.6) is 0 Å². The van der Waals surface area contributed by atoms with E-state index < -0.39 is 18.1 Å². The number of aliphatic carboxylic acids is 1. The lowest BCUT2D eigenvalue weighted by molar-refractivity contribution is -0.144. The molecule has 4 nitrogen and oxygen atoms in total. The molecule has 0 aromatic heterocycles. The molecule has 0 radical (unpaired) electrons.